The number of rotatable bonds is 12. The van der Waals surface area contributed by atoms with Gasteiger partial charge in [0.2, 0.25) is 0 Å². The molecule has 0 bridgehead atoms. The van der Waals surface area contributed by atoms with Gasteiger partial charge in [-0.15, -0.1) is 6.58 Å². The quantitative estimate of drug-likeness (QED) is 0.101. The van der Waals surface area contributed by atoms with E-state index in [4.69, 9.17) is 35.9 Å². The zero-order valence-electron chi connectivity index (χ0n) is 26.8. The van der Waals surface area contributed by atoms with E-state index in [1.165, 1.54) is 4.68 Å². The van der Waals surface area contributed by atoms with Gasteiger partial charge in [0.15, 0.2) is 17.3 Å². The van der Waals surface area contributed by atoms with E-state index < -0.39 is 0 Å². The minimum absolute atomic E-state index is 0.192. The van der Waals surface area contributed by atoms with Crippen LogP contribution in [0.15, 0.2) is 95.3 Å². The number of aromatic nitrogens is 2. The molecule has 236 valence electrons. The predicted molar refractivity (Wildman–Crippen MR) is 187 cm³/mol. The van der Waals surface area contributed by atoms with E-state index >= 15 is 0 Å². The zero-order valence-corrected chi connectivity index (χ0v) is 27.6. The molecule has 0 aliphatic rings. The zero-order chi connectivity index (χ0) is 32.8. The molecule has 0 saturated carbocycles. The molecule has 0 unspecified atom stereocenters. The monoisotopic (exact) mass is 635 g/mol. The molecule has 0 spiro atoms. The maximum absolute atomic E-state index is 14.0. The summed E-state index contributed by atoms with van der Waals surface area (Å²) in [6.45, 7) is 12.8. The van der Waals surface area contributed by atoms with E-state index in [0.717, 1.165) is 39.1 Å². The van der Waals surface area contributed by atoms with E-state index in [0.29, 0.717) is 46.3 Å². The van der Waals surface area contributed by atoms with Gasteiger partial charge in [0.1, 0.15) is 12.4 Å². The number of methoxy groups -OCH3 is 1. The Morgan fingerprint density at radius 2 is 1.76 bits per heavy atom. The van der Waals surface area contributed by atoms with Crippen LogP contribution in [0.4, 0.5) is 0 Å². The summed E-state index contributed by atoms with van der Waals surface area (Å²) in [5.74, 6) is 2.60. The first-order chi connectivity index (χ1) is 22.2. The second-order valence-corrected chi connectivity index (χ2v) is 11.6. The van der Waals surface area contributed by atoms with E-state index in [1.807, 2.05) is 86.7 Å². The van der Waals surface area contributed by atoms with E-state index in [1.54, 1.807) is 19.4 Å². The summed E-state index contributed by atoms with van der Waals surface area (Å²) in [7, 11) is 1.67. The van der Waals surface area contributed by atoms with Gasteiger partial charge in [0, 0.05) is 21.7 Å². The number of halogens is 1. The second kappa shape index (κ2) is 14.5. The number of hydrogen-bond acceptors (Lipinski definition) is 6. The van der Waals surface area contributed by atoms with Crippen LogP contribution in [-0.4, -0.2) is 29.6 Å². The highest BCUT2D eigenvalue weighted by Crippen LogP contribution is 2.36. The van der Waals surface area contributed by atoms with Crippen molar-refractivity contribution in [2.45, 2.75) is 46.6 Å². The number of nitrogens with zero attached hydrogens (tertiary/aromatic N) is 3. The Labute approximate surface area is 274 Å². The summed E-state index contributed by atoms with van der Waals surface area (Å²) in [5, 5.41) is 5.85. The van der Waals surface area contributed by atoms with Crippen molar-refractivity contribution in [1.82, 2.24) is 9.66 Å². The molecule has 0 radical (unpaired) electrons. The molecule has 0 atom stereocenters. The van der Waals surface area contributed by atoms with Gasteiger partial charge in [-0.25, -0.2) is 4.98 Å². The molecule has 4 aromatic carbocycles. The van der Waals surface area contributed by atoms with Crippen molar-refractivity contribution in [3.05, 3.63) is 129 Å². The Balaban J connectivity index is 1.64. The maximum Gasteiger partial charge on any atom is 0.282 e. The van der Waals surface area contributed by atoms with Crippen LogP contribution in [0.5, 0.6) is 17.2 Å². The average Bonchev–Trinajstić information content (AvgIpc) is 3.04. The van der Waals surface area contributed by atoms with Crippen LogP contribution in [0.25, 0.3) is 22.3 Å². The Kier molecular flexibility index (Phi) is 10.2. The van der Waals surface area contributed by atoms with E-state index in [-0.39, 0.29) is 18.1 Å². The van der Waals surface area contributed by atoms with Crippen molar-refractivity contribution in [2.75, 3.05) is 13.7 Å². The molecule has 46 heavy (non-hydrogen) atoms. The molecule has 0 amide bonds. The molecule has 5 rings (SSSR count). The first kappa shape index (κ1) is 32.5. The largest absolute Gasteiger partial charge is 0.496 e. The van der Waals surface area contributed by atoms with Gasteiger partial charge in [-0.2, -0.15) is 9.78 Å². The summed E-state index contributed by atoms with van der Waals surface area (Å²) < 4.78 is 19.4. The number of aryl methyl sites for hydroxylation is 1. The second-order valence-electron chi connectivity index (χ2n) is 11.2. The third kappa shape index (κ3) is 6.85. The minimum atomic E-state index is -0.269. The summed E-state index contributed by atoms with van der Waals surface area (Å²) in [6.07, 6.45) is 3.99. The lowest BCUT2D eigenvalue weighted by molar-refractivity contribution is 0.267. The van der Waals surface area contributed by atoms with Crippen LogP contribution < -0.4 is 19.8 Å². The standard InChI is InChI=1S/C38H38ClN3O4/c1-7-13-27-19-26(20-35(45-8-2)36(27)46-23-28-14-9-11-16-32(28)39)22-40-42-37(41-33-17-12-10-15-29(33)38(42)43)31-21-30(24(3)4)34(44-6)18-25(31)5/h7,9-12,14-22,24H,1,8,13,23H2,2-6H3. The van der Waals surface area contributed by atoms with Crippen molar-refractivity contribution in [3.8, 4) is 28.6 Å². The molecule has 1 heterocycles. The van der Waals surface area contributed by atoms with Gasteiger partial charge in [-0.3, -0.25) is 4.79 Å². The van der Waals surface area contributed by atoms with E-state index in [2.05, 4.69) is 20.4 Å². The number of benzene rings is 4. The highest BCUT2D eigenvalue weighted by Gasteiger charge is 2.19. The van der Waals surface area contributed by atoms with Gasteiger partial charge in [0.25, 0.3) is 5.56 Å². The summed E-state index contributed by atoms with van der Waals surface area (Å²) >= 11 is 6.39. The van der Waals surface area contributed by atoms with Crippen molar-refractivity contribution < 1.29 is 14.2 Å². The molecular weight excluding hydrogens is 598 g/mol. The van der Waals surface area contributed by atoms with Crippen molar-refractivity contribution in [2.24, 2.45) is 5.10 Å². The molecular formula is C38H38ClN3O4. The SMILES string of the molecule is C=CCc1cc(C=Nn2c(-c3cc(C(C)C)c(OC)cc3C)nc3ccccc3c2=O)cc(OCC)c1OCc1ccccc1Cl. The maximum atomic E-state index is 14.0. The minimum Gasteiger partial charge on any atom is -0.496 e. The van der Waals surface area contributed by atoms with Gasteiger partial charge in [-0.05, 0) is 85.3 Å². The van der Waals surface area contributed by atoms with Crippen LogP contribution in [0.3, 0.4) is 0 Å². The van der Waals surface area contributed by atoms with Crippen LogP contribution in [0.2, 0.25) is 5.02 Å². The molecule has 0 fully saturated rings. The first-order valence-corrected chi connectivity index (χ1v) is 15.6. The Bertz CT molecular complexity index is 1980. The fraction of sp³-hybridized carbons (Fsp3) is 0.237. The molecule has 0 N–H and O–H groups in total. The van der Waals surface area contributed by atoms with Crippen molar-refractivity contribution in [3.63, 3.8) is 0 Å². The number of para-hydroxylation sites is 1. The van der Waals surface area contributed by atoms with Gasteiger partial charge >= 0.3 is 0 Å². The average molecular weight is 636 g/mol. The lowest BCUT2D eigenvalue weighted by Gasteiger charge is -2.18. The molecule has 8 heteroatoms. The Hall–Kier alpha value is -4.88. The molecule has 1 aromatic heterocycles. The third-order valence-electron chi connectivity index (χ3n) is 7.66. The van der Waals surface area contributed by atoms with E-state index in [9.17, 15) is 4.79 Å². The highest BCUT2D eigenvalue weighted by atomic mass is 35.5. The van der Waals surface area contributed by atoms with Gasteiger partial charge < -0.3 is 14.2 Å². The summed E-state index contributed by atoms with van der Waals surface area (Å²) in [5.41, 5.74) is 5.53. The Morgan fingerprint density at radius 3 is 2.48 bits per heavy atom. The number of ether oxygens (including phenoxy) is 3. The molecule has 0 saturated heterocycles. The topological polar surface area (TPSA) is 74.9 Å². The van der Waals surface area contributed by atoms with Crippen molar-refractivity contribution in [1.29, 1.82) is 0 Å². The van der Waals surface area contributed by atoms with Crippen LogP contribution in [0, 0.1) is 6.92 Å². The first-order valence-electron chi connectivity index (χ1n) is 15.3. The predicted octanol–water partition coefficient (Wildman–Crippen LogP) is 8.75. The van der Waals surface area contributed by atoms with Crippen molar-refractivity contribution >= 4 is 28.7 Å². The number of allylic oxidation sites excluding steroid dienone is 1. The Morgan fingerprint density at radius 1 is 1.00 bits per heavy atom. The molecule has 7 nitrogen and oxygen atoms in total. The normalized spacial score (nSPS) is 11.4. The lowest BCUT2D eigenvalue weighted by Crippen LogP contribution is -2.21. The lowest BCUT2D eigenvalue weighted by atomic mass is 9.96. The molecule has 5 aromatic rings. The van der Waals surface area contributed by atoms with Crippen LogP contribution in [-0.2, 0) is 13.0 Å². The number of hydrogen-bond donors (Lipinski definition) is 0. The van der Waals surface area contributed by atoms with Crippen LogP contribution >= 0.6 is 11.6 Å². The molecule has 0 aliphatic heterocycles. The van der Waals surface area contributed by atoms with Crippen LogP contribution in [0.1, 0.15) is 54.5 Å². The fourth-order valence-corrected chi connectivity index (χ4v) is 5.54. The highest BCUT2D eigenvalue weighted by molar-refractivity contribution is 6.31. The summed E-state index contributed by atoms with van der Waals surface area (Å²) in [4.78, 5) is 18.9. The summed E-state index contributed by atoms with van der Waals surface area (Å²) in [6, 6.07) is 22.7. The fourth-order valence-electron chi connectivity index (χ4n) is 5.35. The van der Waals surface area contributed by atoms with Gasteiger partial charge in [-0.1, -0.05) is 61.9 Å². The smallest absolute Gasteiger partial charge is 0.282 e. The van der Waals surface area contributed by atoms with Gasteiger partial charge in [0.05, 0.1) is 30.8 Å². The number of fused-ring (bicyclic) bond motifs is 1. The molecule has 0 aliphatic carbocycles. The third-order valence-corrected chi connectivity index (χ3v) is 8.03.